The molecule has 0 saturated heterocycles. The molecule has 0 amide bonds. The number of carbonyl (C=O) groups is 1. The first-order valence-corrected chi connectivity index (χ1v) is 9.80. The van der Waals surface area contributed by atoms with Crippen molar-refractivity contribution in [2.75, 3.05) is 5.32 Å². The van der Waals surface area contributed by atoms with Gasteiger partial charge in [0, 0.05) is 16.7 Å². The van der Waals surface area contributed by atoms with E-state index >= 15 is 0 Å². The van der Waals surface area contributed by atoms with E-state index in [1.165, 1.54) is 12.5 Å². The predicted molar refractivity (Wildman–Crippen MR) is 118 cm³/mol. The fraction of sp³-hybridized carbons (Fsp3) is 0.167. The van der Waals surface area contributed by atoms with Gasteiger partial charge in [0.15, 0.2) is 11.1 Å². The van der Waals surface area contributed by atoms with Gasteiger partial charge in [-0.15, -0.1) is 0 Å². The van der Waals surface area contributed by atoms with Crippen molar-refractivity contribution in [1.29, 1.82) is 0 Å². The number of carboxylic acid groups (broad SMARTS) is 1. The Morgan fingerprint density at radius 3 is 2.61 bits per heavy atom. The zero-order valence-corrected chi connectivity index (χ0v) is 17.3. The molecule has 2 heterocycles. The van der Waals surface area contributed by atoms with Crippen LogP contribution < -0.4 is 10.7 Å². The van der Waals surface area contributed by atoms with Gasteiger partial charge in [-0.05, 0) is 32.4 Å². The van der Waals surface area contributed by atoms with E-state index in [1.807, 2.05) is 56.3 Å². The summed E-state index contributed by atoms with van der Waals surface area (Å²) in [4.78, 5) is 32.4. The van der Waals surface area contributed by atoms with Gasteiger partial charge in [-0.1, -0.05) is 36.4 Å². The molecule has 0 saturated carbocycles. The zero-order chi connectivity index (χ0) is 22.1. The first-order chi connectivity index (χ1) is 14.9. The third-order valence-electron chi connectivity index (χ3n) is 5.18. The monoisotopic (exact) mass is 415 g/mol. The van der Waals surface area contributed by atoms with Crippen LogP contribution >= 0.6 is 0 Å². The van der Waals surface area contributed by atoms with Crippen molar-refractivity contribution in [2.45, 2.75) is 26.8 Å². The Bertz CT molecular complexity index is 1350. The average molecular weight is 415 g/mol. The second kappa shape index (κ2) is 8.02. The second-order valence-electron chi connectivity index (χ2n) is 7.44. The molecule has 0 aliphatic carbocycles. The summed E-state index contributed by atoms with van der Waals surface area (Å²) in [5, 5.41) is 13.0. The molecular weight excluding hydrogens is 394 g/mol. The van der Waals surface area contributed by atoms with Crippen LogP contribution in [0.2, 0.25) is 0 Å². The fourth-order valence-corrected chi connectivity index (χ4v) is 3.67. The lowest BCUT2D eigenvalue weighted by molar-refractivity contribution is 0.0691. The van der Waals surface area contributed by atoms with Gasteiger partial charge in [0.25, 0.3) is 0 Å². The van der Waals surface area contributed by atoms with E-state index in [9.17, 15) is 14.7 Å². The van der Waals surface area contributed by atoms with Crippen molar-refractivity contribution in [2.24, 2.45) is 0 Å². The Balaban J connectivity index is 1.89. The van der Waals surface area contributed by atoms with Gasteiger partial charge in [-0.3, -0.25) is 4.79 Å². The zero-order valence-electron chi connectivity index (χ0n) is 17.3. The van der Waals surface area contributed by atoms with Crippen molar-refractivity contribution >= 4 is 22.6 Å². The van der Waals surface area contributed by atoms with Crippen molar-refractivity contribution < 1.29 is 14.3 Å². The Hall–Kier alpha value is -4.00. The molecule has 0 aliphatic heterocycles. The molecule has 156 valence electrons. The molecule has 7 heteroatoms. The van der Waals surface area contributed by atoms with Gasteiger partial charge >= 0.3 is 5.97 Å². The second-order valence-corrected chi connectivity index (χ2v) is 7.44. The number of anilines is 1. The van der Waals surface area contributed by atoms with E-state index in [0.717, 1.165) is 16.7 Å². The molecule has 0 fully saturated rings. The third-order valence-corrected chi connectivity index (χ3v) is 5.18. The van der Waals surface area contributed by atoms with E-state index < -0.39 is 5.97 Å². The van der Waals surface area contributed by atoms with Crippen LogP contribution in [0.5, 0.6) is 0 Å². The van der Waals surface area contributed by atoms with Gasteiger partial charge in [-0.2, -0.15) is 0 Å². The summed E-state index contributed by atoms with van der Waals surface area (Å²) in [5.41, 5.74) is 3.54. The number of carboxylic acids is 1. The Kier molecular flexibility index (Phi) is 5.25. The van der Waals surface area contributed by atoms with Gasteiger partial charge in [0.1, 0.15) is 17.7 Å². The molecule has 2 aromatic carbocycles. The highest BCUT2D eigenvalue weighted by Crippen LogP contribution is 2.32. The summed E-state index contributed by atoms with van der Waals surface area (Å²) in [7, 11) is 0. The number of rotatable bonds is 5. The minimum absolute atomic E-state index is 0.0912. The molecule has 0 spiro atoms. The highest BCUT2D eigenvalue weighted by molar-refractivity contribution is 5.92. The highest BCUT2D eigenvalue weighted by Gasteiger charge is 2.20. The molecular formula is C24H21N3O4. The van der Waals surface area contributed by atoms with E-state index in [0.29, 0.717) is 22.3 Å². The molecule has 4 rings (SSSR count). The van der Waals surface area contributed by atoms with E-state index in [-0.39, 0.29) is 22.9 Å². The largest absolute Gasteiger partial charge is 0.476 e. The maximum absolute atomic E-state index is 13.2. The predicted octanol–water partition coefficient (Wildman–Crippen LogP) is 4.74. The number of nitrogens with one attached hydrogen (secondary N) is 1. The highest BCUT2D eigenvalue weighted by atomic mass is 16.4. The summed E-state index contributed by atoms with van der Waals surface area (Å²) in [6, 6.07) is 12.8. The van der Waals surface area contributed by atoms with Crippen LogP contribution in [0.4, 0.5) is 5.69 Å². The molecule has 0 unspecified atom stereocenters. The molecule has 1 atom stereocenters. The number of fused-ring (bicyclic) bond motifs is 1. The number of nitrogens with zero attached hydrogens (tertiary/aromatic N) is 2. The summed E-state index contributed by atoms with van der Waals surface area (Å²) in [5.74, 6) is -0.635. The van der Waals surface area contributed by atoms with Gasteiger partial charge in [0.2, 0.25) is 0 Å². The lowest BCUT2D eigenvalue weighted by Crippen LogP contribution is -2.14. The topological polar surface area (TPSA) is 105 Å². The van der Waals surface area contributed by atoms with Crippen LogP contribution in [0.1, 0.15) is 40.1 Å². The number of hydrogen-bond acceptors (Lipinski definition) is 6. The van der Waals surface area contributed by atoms with Crippen LogP contribution in [0.25, 0.3) is 22.3 Å². The fourth-order valence-electron chi connectivity index (χ4n) is 3.67. The molecule has 2 N–H and O–H groups in total. The standard InChI is InChI=1S/C24H21N3O4/c1-13-9-17(15(3)27-19-11-25-12-26-20(19)24(29)30)23-18(10-13)21(28)14(2)22(31-23)16-7-5-4-6-8-16/h4-12,15,27H,1-3H3,(H,29,30)/t15-/m1/s1. The minimum atomic E-state index is -1.15. The molecule has 0 radical (unpaired) electrons. The normalized spacial score (nSPS) is 12.0. The Labute approximate surface area is 178 Å². The summed E-state index contributed by atoms with van der Waals surface area (Å²) < 4.78 is 6.29. The molecule has 0 bridgehead atoms. The molecule has 4 aromatic rings. The molecule has 2 aromatic heterocycles. The van der Waals surface area contributed by atoms with Crippen molar-refractivity contribution in [3.63, 3.8) is 0 Å². The van der Waals surface area contributed by atoms with Crippen LogP contribution in [-0.4, -0.2) is 21.0 Å². The average Bonchev–Trinajstić information content (AvgIpc) is 2.77. The van der Waals surface area contributed by atoms with Crippen molar-refractivity contribution in [3.8, 4) is 11.3 Å². The summed E-state index contributed by atoms with van der Waals surface area (Å²) in [6.45, 7) is 5.54. The maximum Gasteiger partial charge on any atom is 0.356 e. The number of aromatic nitrogens is 2. The first kappa shape index (κ1) is 20.3. The van der Waals surface area contributed by atoms with Crippen molar-refractivity contribution in [3.05, 3.63) is 87.6 Å². The van der Waals surface area contributed by atoms with Gasteiger partial charge in [-0.25, -0.2) is 14.8 Å². The number of benzene rings is 2. The van der Waals surface area contributed by atoms with Crippen LogP contribution in [0.15, 0.2) is 64.2 Å². The third kappa shape index (κ3) is 3.77. The minimum Gasteiger partial charge on any atom is -0.476 e. The Morgan fingerprint density at radius 2 is 1.90 bits per heavy atom. The van der Waals surface area contributed by atoms with Crippen LogP contribution in [0, 0.1) is 13.8 Å². The maximum atomic E-state index is 13.2. The summed E-state index contributed by atoms with van der Waals surface area (Å²) >= 11 is 0. The molecule has 0 aliphatic rings. The van der Waals surface area contributed by atoms with Gasteiger partial charge < -0.3 is 14.8 Å². The quantitative estimate of drug-likeness (QED) is 0.485. The molecule has 7 nitrogen and oxygen atoms in total. The van der Waals surface area contributed by atoms with Crippen molar-refractivity contribution in [1.82, 2.24) is 9.97 Å². The number of aromatic carboxylic acids is 1. The van der Waals surface area contributed by atoms with E-state index in [4.69, 9.17) is 4.42 Å². The molecule has 31 heavy (non-hydrogen) atoms. The lowest BCUT2D eigenvalue weighted by atomic mass is 9.99. The van der Waals surface area contributed by atoms with E-state index in [1.54, 1.807) is 6.92 Å². The number of hydrogen-bond donors (Lipinski definition) is 2. The van der Waals surface area contributed by atoms with Crippen LogP contribution in [0.3, 0.4) is 0 Å². The Morgan fingerprint density at radius 1 is 1.16 bits per heavy atom. The first-order valence-electron chi connectivity index (χ1n) is 9.80. The summed E-state index contributed by atoms with van der Waals surface area (Å²) in [6.07, 6.45) is 2.61. The van der Waals surface area contributed by atoms with Crippen LogP contribution in [-0.2, 0) is 0 Å². The lowest BCUT2D eigenvalue weighted by Gasteiger charge is -2.19. The SMILES string of the molecule is Cc1cc([C@@H](C)Nc2cncnc2C(=O)O)c2oc(-c3ccccc3)c(C)c(=O)c2c1. The smallest absolute Gasteiger partial charge is 0.356 e. The number of aryl methyl sites for hydroxylation is 1. The van der Waals surface area contributed by atoms with Gasteiger partial charge in [0.05, 0.1) is 23.3 Å². The van der Waals surface area contributed by atoms with E-state index in [2.05, 4.69) is 15.3 Å².